The minimum atomic E-state index is -1.26. The average Bonchev–Trinajstić information content (AvgIpc) is 2.70. The average molecular weight is 483 g/mol. The SMILES string of the molecule is CC(C)C[C@H](N)C(=O)N(C(=O)OCc1ccccc1)[C@@H](CC(C)C)C(=O)C(=O)CBr. The van der Waals surface area contributed by atoms with Gasteiger partial charge in [-0.3, -0.25) is 14.4 Å². The first-order valence-electron chi connectivity index (χ1n) is 10.0. The molecule has 0 aliphatic carbocycles. The lowest BCUT2D eigenvalue weighted by Gasteiger charge is -2.31. The third-order valence-corrected chi connectivity index (χ3v) is 4.90. The molecule has 166 valence electrons. The molecule has 2 amide bonds. The number of ketones is 2. The standard InChI is InChI=1S/C22H31BrN2O5/c1-14(2)10-17(24)21(28)25(18(11-15(3)4)20(27)19(26)12-23)22(29)30-13-16-8-6-5-7-9-16/h5-9,14-15,17-18H,10-13,24H2,1-4H3/t17-,18-/m0/s1. The van der Waals surface area contributed by atoms with Crippen LogP contribution in [0.4, 0.5) is 4.79 Å². The van der Waals surface area contributed by atoms with Crippen molar-refractivity contribution in [1.82, 2.24) is 4.90 Å². The molecular formula is C22H31BrN2O5. The number of carbonyl (C=O) groups excluding carboxylic acids is 4. The summed E-state index contributed by atoms with van der Waals surface area (Å²) in [6.07, 6.45) is -0.515. The normalized spacial score (nSPS) is 13.1. The first-order chi connectivity index (χ1) is 14.1. The van der Waals surface area contributed by atoms with Crippen molar-refractivity contribution < 1.29 is 23.9 Å². The summed E-state index contributed by atoms with van der Waals surface area (Å²) in [4.78, 5) is 51.6. The number of halogens is 1. The lowest BCUT2D eigenvalue weighted by atomic mass is 9.95. The molecular weight excluding hydrogens is 452 g/mol. The molecule has 0 aliphatic heterocycles. The Hall–Kier alpha value is -2.06. The molecule has 8 heteroatoms. The lowest BCUT2D eigenvalue weighted by Crippen LogP contribution is -2.56. The molecule has 1 aromatic rings. The van der Waals surface area contributed by atoms with Crippen LogP contribution in [0.15, 0.2) is 30.3 Å². The Bertz CT molecular complexity index is 736. The van der Waals surface area contributed by atoms with Crippen LogP contribution >= 0.6 is 15.9 Å². The van der Waals surface area contributed by atoms with Crippen LogP contribution in [0, 0.1) is 11.8 Å². The van der Waals surface area contributed by atoms with E-state index < -0.39 is 35.7 Å². The first kappa shape index (κ1) is 26.0. The number of carbonyl (C=O) groups is 4. The van der Waals surface area contributed by atoms with Crippen LogP contribution in [0.5, 0.6) is 0 Å². The van der Waals surface area contributed by atoms with Gasteiger partial charge in [0.05, 0.1) is 11.4 Å². The van der Waals surface area contributed by atoms with Gasteiger partial charge in [0.25, 0.3) is 0 Å². The zero-order chi connectivity index (χ0) is 22.8. The van der Waals surface area contributed by atoms with Crippen molar-refractivity contribution in [2.75, 3.05) is 5.33 Å². The van der Waals surface area contributed by atoms with Gasteiger partial charge in [-0.2, -0.15) is 0 Å². The molecule has 7 nitrogen and oxygen atoms in total. The van der Waals surface area contributed by atoms with Crippen LogP contribution < -0.4 is 5.73 Å². The third-order valence-electron chi connectivity index (χ3n) is 4.39. The van der Waals surface area contributed by atoms with Crippen molar-refractivity contribution in [3.8, 4) is 0 Å². The van der Waals surface area contributed by atoms with Gasteiger partial charge in [0.1, 0.15) is 12.6 Å². The maximum absolute atomic E-state index is 13.1. The molecule has 0 aromatic heterocycles. The van der Waals surface area contributed by atoms with Crippen molar-refractivity contribution >= 4 is 39.5 Å². The van der Waals surface area contributed by atoms with E-state index in [1.54, 1.807) is 24.3 Å². The number of alkyl halides is 1. The van der Waals surface area contributed by atoms with Crippen LogP contribution in [-0.4, -0.2) is 45.9 Å². The monoisotopic (exact) mass is 482 g/mol. The van der Waals surface area contributed by atoms with E-state index in [0.717, 1.165) is 10.5 Å². The molecule has 0 fully saturated rings. The van der Waals surface area contributed by atoms with Crippen LogP contribution in [0.3, 0.4) is 0 Å². The largest absolute Gasteiger partial charge is 0.444 e. The maximum atomic E-state index is 13.1. The molecule has 0 aliphatic rings. The summed E-state index contributed by atoms with van der Waals surface area (Å²) in [6.45, 7) is 7.40. The second kappa shape index (κ2) is 12.6. The molecule has 0 saturated heterocycles. The molecule has 0 heterocycles. The van der Waals surface area contributed by atoms with Crippen molar-refractivity contribution in [1.29, 1.82) is 0 Å². The van der Waals surface area contributed by atoms with Crippen molar-refractivity contribution in [2.24, 2.45) is 17.6 Å². The molecule has 2 atom stereocenters. The van der Waals surface area contributed by atoms with Gasteiger partial charge in [0, 0.05) is 0 Å². The van der Waals surface area contributed by atoms with Crippen LogP contribution in [0.25, 0.3) is 0 Å². The van der Waals surface area contributed by atoms with E-state index in [4.69, 9.17) is 10.5 Å². The Morgan fingerprint density at radius 2 is 1.57 bits per heavy atom. The molecule has 0 unspecified atom stereocenters. The van der Waals surface area contributed by atoms with Crippen molar-refractivity contribution in [3.05, 3.63) is 35.9 Å². The second-order valence-corrected chi connectivity index (χ2v) is 8.61. The summed E-state index contributed by atoms with van der Waals surface area (Å²) in [5, 5.41) is -0.195. The highest BCUT2D eigenvalue weighted by Gasteiger charge is 2.40. The summed E-state index contributed by atoms with van der Waals surface area (Å²) in [5.41, 5.74) is 6.77. The van der Waals surface area contributed by atoms with Gasteiger partial charge in [0.2, 0.25) is 17.5 Å². The highest BCUT2D eigenvalue weighted by molar-refractivity contribution is 9.09. The van der Waals surface area contributed by atoms with Crippen molar-refractivity contribution in [3.63, 3.8) is 0 Å². The fraction of sp³-hybridized carbons (Fsp3) is 0.545. The topological polar surface area (TPSA) is 107 Å². The molecule has 30 heavy (non-hydrogen) atoms. The van der Waals surface area contributed by atoms with Gasteiger partial charge in [0.15, 0.2) is 0 Å². The molecule has 1 aromatic carbocycles. The van der Waals surface area contributed by atoms with Crippen LogP contribution in [-0.2, 0) is 25.7 Å². The number of Topliss-reactive ketones (excluding diaryl/α,β-unsaturated/α-hetero) is 2. The number of rotatable bonds is 11. The van der Waals surface area contributed by atoms with Gasteiger partial charge in [-0.25, -0.2) is 9.69 Å². The van der Waals surface area contributed by atoms with Gasteiger partial charge >= 0.3 is 6.09 Å². The minimum absolute atomic E-state index is 0.0550. The Balaban J connectivity index is 3.23. The van der Waals surface area contributed by atoms with E-state index in [9.17, 15) is 19.2 Å². The molecule has 0 radical (unpaired) electrons. The summed E-state index contributed by atoms with van der Waals surface area (Å²) in [7, 11) is 0. The Morgan fingerprint density at radius 1 is 1.00 bits per heavy atom. The van der Waals surface area contributed by atoms with Gasteiger partial charge in [-0.15, -0.1) is 0 Å². The predicted molar refractivity (Wildman–Crippen MR) is 118 cm³/mol. The highest BCUT2D eigenvalue weighted by Crippen LogP contribution is 2.19. The smallest absolute Gasteiger partial charge is 0.417 e. The quantitative estimate of drug-likeness (QED) is 0.382. The molecule has 2 N–H and O–H groups in total. The van der Waals surface area contributed by atoms with Crippen molar-refractivity contribution in [2.45, 2.75) is 59.2 Å². The summed E-state index contributed by atoms with van der Waals surface area (Å²) >= 11 is 2.98. The summed E-state index contributed by atoms with van der Waals surface area (Å²) in [6, 6.07) is 6.72. The Kier molecular flexibility index (Phi) is 10.9. The Labute approximate surface area is 186 Å². The molecule has 0 saturated carbocycles. The van der Waals surface area contributed by atoms with E-state index in [1.165, 1.54) is 0 Å². The number of hydrogen-bond donors (Lipinski definition) is 1. The van der Waals surface area contributed by atoms with Gasteiger partial charge in [-0.05, 0) is 30.2 Å². The maximum Gasteiger partial charge on any atom is 0.417 e. The lowest BCUT2D eigenvalue weighted by molar-refractivity contribution is -0.144. The zero-order valence-corrected chi connectivity index (χ0v) is 19.6. The van der Waals surface area contributed by atoms with E-state index in [0.29, 0.717) is 6.42 Å². The number of nitrogens with zero attached hydrogens (tertiary/aromatic N) is 1. The Morgan fingerprint density at radius 3 is 2.07 bits per heavy atom. The van der Waals surface area contributed by atoms with E-state index in [-0.39, 0.29) is 30.2 Å². The number of benzene rings is 1. The molecule has 0 bridgehead atoms. The number of nitrogens with two attached hydrogens (primary N) is 1. The zero-order valence-electron chi connectivity index (χ0n) is 18.0. The van der Waals surface area contributed by atoms with E-state index in [2.05, 4.69) is 15.9 Å². The summed E-state index contributed by atoms with van der Waals surface area (Å²) < 4.78 is 5.33. The number of amides is 2. The predicted octanol–water partition coefficient (Wildman–Crippen LogP) is 3.47. The first-order valence-corrected chi connectivity index (χ1v) is 11.1. The second-order valence-electron chi connectivity index (χ2n) is 8.05. The van der Waals surface area contributed by atoms with E-state index >= 15 is 0 Å². The van der Waals surface area contributed by atoms with Crippen LogP contribution in [0.1, 0.15) is 46.1 Å². The number of ether oxygens (including phenoxy) is 1. The third kappa shape index (κ3) is 7.99. The minimum Gasteiger partial charge on any atom is -0.444 e. The number of imide groups is 1. The summed E-state index contributed by atoms with van der Waals surface area (Å²) in [5.74, 6) is -2.20. The van der Waals surface area contributed by atoms with E-state index in [1.807, 2.05) is 33.8 Å². The molecule has 0 spiro atoms. The van der Waals surface area contributed by atoms with Gasteiger partial charge in [-0.1, -0.05) is 74.0 Å². The van der Waals surface area contributed by atoms with Crippen LogP contribution in [0.2, 0.25) is 0 Å². The van der Waals surface area contributed by atoms with Gasteiger partial charge < -0.3 is 10.5 Å². The highest BCUT2D eigenvalue weighted by atomic mass is 79.9. The molecule has 1 rings (SSSR count). The fourth-order valence-electron chi connectivity index (χ4n) is 2.97. The number of hydrogen-bond acceptors (Lipinski definition) is 6. The fourth-order valence-corrected chi connectivity index (χ4v) is 3.25.